The molecule has 33 heavy (non-hydrogen) atoms. The molecule has 2 aromatic carbocycles. The average Bonchev–Trinajstić information content (AvgIpc) is 3.35. The van der Waals surface area contributed by atoms with Crippen LogP contribution in [0.25, 0.3) is 0 Å². The molecule has 2 N–H and O–H groups in total. The largest absolute Gasteiger partial charge is 0.339 e. The maximum Gasteiger partial charge on any atom is 0.321 e. The van der Waals surface area contributed by atoms with Gasteiger partial charge in [-0.1, -0.05) is 18.2 Å². The third-order valence-corrected chi connectivity index (χ3v) is 6.56. The van der Waals surface area contributed by atoms with Crippen molar-refractivity contribution in [2.45, 2.75) is 39.5 Å². The highest BCUT2D eigenvalue weighted by atomic mass is 16.2. The summed E-state index contributed by atoms with van der Waals surface area (Å²) in [5.74, 6) is -0.381. The Balaban J connectivity index is 1.39. The number of carbonyl (C=O) groups excluding carboxylic acids is 3. The number of hydrogen-bond donors (Lipinski definition) is 2. The zero-order valence-electron chi connectivity index (χ0n) is 19.4. The van der Waals surface area contributed by atoms with E-state index in [0.29, 0.717) is 24.3 Å². The standard InChI is InChI=1S/C26H32N4O3/c1-18-8-5-10-21(16-18)27-26(33)30-15-7-9-20(17-30)24(31)28-23-12-6-11-22(19(23)2)25(32)29-13-3-4-14-29/h5-6,8,10-12,16,20H,3-4,7,9,13-15,17H2,1-2H3,(H,27,33)(H,28,31). The molecule has 2 heterocycles. The van der Waals surface area contributed by atoms with Crippen LogP contribution in [0.4, 0.5) is 16.2 Å². The molecular weight excluding hydrogens is 416 g/mol. The van der Waals surface area contributed by atoms with E-state index in [-0.39, 0.29) is 23.8 Å². The Morgan fingerprint density at radius 3 is 2.36 bits per heavy atom. The number of anilines is 2. The van der Waals surface area contributed by atoms with Gasteiger partial charge in [-0.3, -0.25) is 9.59 Å². The summed E-state index contributed by atoms with van der Waals surface area (Å²) >= 11 is 0. The number of nitrogens with one attached hydrogen (secondary N) is 2. The summed E-state index contributed by atoms with van der Waals surface area (Å²) in [4.78, 5) is 42.2. The van der Waals surface area contributed by atoms with E-state index in [1.54, 1.807) is 4.90 Å². The molecule has 0 bridgehead atoms. The average molecular weight is 449 g/mol. The highest BCUT2D eigenvalue weighted by Crippen LogP contribution is 2.25. The van der Waals surface area contributed by atoms with Gasteiger partial charge < -0.3 is 20.4 Å². The van der Waals surface area contributed by atoms with Gasteiger partial charge in [-0.05, 0) is 74.9 Å². The quantitative estimate of drug-likeness (QED) is 0.726. The fraction of sp³-hybridized carbons (Fsp3) is 0.423. The first-order chi connectivity index (χ1) is 15.9. The third-order valence-electron chi connectivity index (χ3n) is 6.56. The van der Waals surface area contributed by atoms with Crippen LogP contribution in [0, 0.1) is 19.8 Å². The predicted molar refractivity (Wildman–Crippen MR) is 129 cm³/mol. The Hall–Kier alpha value is -3.35. The number of likely N-dealkylation sites (tertiary alicyclic amines) is 2. The van der Waals surface area contributed by atoms with E-state index in [2.05, 4.69) is 10.6 Å². The molecule has 1 unspecified atom stereocenters. The number of piperidine rings is 1. The Bertz CT molecular complexity index is 1050. The molecule has 7 heteroatoms. The summed E-state index contributed by atoms with van der Waals surface area (Å²) < 4.78 is 0. The number of hydrogen-bond acceptors (Lipinski definition) is 3. The van der Waals surface area contributed by atoms with Crippen LogP contribution in [0.1, 0.15) is 47.2 Å². The normalized spacial score (nSPS) is 18.2. The van der Waals surface area contributed by atoms with Gasteiger partial charge in [-0.2, -0.15) is 0 Å². The Kier molecular flexibility index (Phi) is 6.96. The van der Waals surface area contributed by atoms with E-state index in [4.69, 9.17) is 0 Å². The van der Waals surface area contributed by atoms with Crippen molar-refractivity contribution < 1.29 is 14.4 Å². The summed E-state index contributed by atoms with van der Waals surface area (Å²) in [5, 5.41) is 5.94. The first kappa shape index (κ1) is 22.8. The van der Waals surface area contributed by atoms with Crippen LogP contribution in [-0.4, -0.2) is 53.8 Å². The van der Waals surface area contributed by atoms with E-state index in [0.717, 1.165) is 55.6 Å². The molecule has 2 aliphatic rings. The number of urea groups is 1. The van der Waals surface area contributed by atoms with Gasteiger partial charge in [0.2, 0.25) is 5.91 Å². The fourth-order valence-electron chi connectivity index (χ4n) is 4.63. The highest BCUT2D eigenvalue weighted by Gasteiger charge is 2.29. The third kappa shape index (κ3) is 5.35. The smallest absolute Gasteiger partial charge is 0.321 e. The number of rotatable bonds is 4. The van der Waals surface area contributed by atoms with E-state index < -0.39 is 0 Å². The van der Waals surface area contributed by atoms with Crippen LogP contribution in [0.5, 0.6) is 0 Å². The van der Waals surface area contributed by atoms with Gasteiger partial charge in [0.1, 0.15) is 0 Å². The maximum absolute atomic E-state index is 13.1. The van der Waals surface area contributed by atoms with Gasteiger partial charge in [-0.15, -0.1) is 0 Å². The molecular formula is C26H32N4O3. The minimum Gasteiger partial charge on any atom is -0.339 e. The number of carbonyl (C=O) groups is 3. The SMILES string of the molecule is Cc1cccc(NC(=O)N2CCCC(C(=O)Nc3cccc(C(=O)N4CCCC4)c3C)C2)c1. The first-order valence-electron chi connectivity index (χ1n) is 11.7. The fourth-order valence-corrected chi connectivity index (χ4v) is 4.63. The van der Waals surface area contributed by atoms with Crippen molar-refractivity contribution >= 4 is 29.2 Å². The van der Waals surface area contributed by atoms with E-state index in [9.17, 15) is 14.4 Å². The van der Waals surface area contributed by atoms with E-state index in [1.165, 1.54) is 0 Å². The molecule has 0 aliphatic carbocycles. The number of amides is 4. The van der Waals surface area contributed by atoms with Crippen molar-refractivity contribution in [1.82, 2.24) is 9.80 Å². The molecule has 7 nitrogen and oxygen atoms in total. The summed E-state index contributed by atoms with van der Waals surface area (Å²) in [5.41, 5.74) is 3.91. The second kappa shape index (κ2) is 10.1. The van der Waals surface area contributed by atoms with Crippen LogP contribution in [-0.2, 0) is 4.79 Å². The molecule has 0 saturated carbocycles. The zero-order chi connectivity index (χ0) is 23.4. The molecule has 1 atom stereocenters. The Morgan fingerprint density at radius 2 is 1.61 bits per heavy atom. The number of aryl methyl sites for hydroxylation is 1. The van der Waals surface area contributed by atoms with Gasteiger partial charge in [0.15, 0.2) is 0 Å². The minimum absolute atomic E-state index is 0.0257. The number of nitrogens with zero attached hydrogens (tertiary/aromatic N) is 2. The summed E-state index contributed by atoms with van der Waals surface area (Å²) in [6.45, 7) is 6.43. The lowest BCUT2D eigenvalue weighted by Gasteiger charge is -2.32. The van der Waals surface area contributed by atoms with Gasteiger partial charge in [0.05, 0.1) is 5.92 Å². The lowest BCUT2D eigenvalue weighted by molar-refractivity contribution is -0.121. The van der Waals surface area contributed by atoms with Gasteiger partial charge in [0.25, 0.3) is 5.91 Å². The molecule has 2 aromatic rings. The molecule has 0 spiro atoms. The highest BCUT2D eigenvalue weighted by molar-refractivity contribution is 6.00. The molecule has 2 aliphatic heterocycles. The van der Waals surface area contributed by atoms with Crippen LogP contribution in [0.3, 0.4) is 0 Å². The maximum atomic E-state index is 13.1. The molecule has 4 rings (SSSR count). The Morgan fingerprint density at radius 1 is 0.879 bits per heavy atom. The van der Waals surface area contributed by atoms with Crippen molar-refractivity contribution in [3.8, 4) is 0 Å². The second-order valence-electron chi connectivity index (χ2n) is 9.05. The number of benzene rings is 2. The molecule has 2 fully saturated rings. The van der Waals surface area contributed by atoms with Crippen LogP contribution in [0.15, 0.2) is 42.5 Å². The lowest BCUT2D eigenvalue weighted by Crippen LogP contribution is -2.45. The van der Waals surface area contributed by atoms with Crippen molar-refractivity contribution in [1.29, 1.82) is 0 Å². The van der Waals surface area contributed by atoms with Gasteiger partial charge in [0, 0.05) is 43.1 Å². The Labute approximate surface area is 195 Å². The summed E-state index contributed by atoms with van der Waals surface area (Å²) in [7, 11) is 0. The molecule has 2 saturated heterocycles. The monoisotopic (exact) mass is 448 g/mol. The van der Waals surface area contributed by atoms with Gasteiger partial charge in [-0.25, -0.2) is 4.79 Å². The van der Waals surface area contributed by atoms with Crippen LogP contribution < -0.4 is 10.6 Å². The molecule has 4 amide bonds. The summed E-state index contributed by atoms with van der Waals surface area (Å²) in [6, 6.07) is 12.9. The molecule has 0 radical (unpaired) electrons. The van der Waals surface area contributed by atoms with Crippen molar-refractivity contribution in [2.24, 2.45) is 5.92 Å². The van der Waals surface area contributed by atoms with E-state index >= 15 is 0 Å². The molecule has 0 aromatic heterocycles. The second-order valence-corrected chi connectivity index (χ2v) is 9.05. The summed E-state index contributed by atoms with van der Waals surface area (Å²) in [6.07, 6.45) is 3.57. The van der Waals surface area contributed by atoms with Crippen molar-refractivity contribution in [3.05, 3.63) is 59.2 Å². The van der Waals surface area contributed by atoms with Crippen LogP contribution >= 0.6 is 0 Å². The van der Waals surface area contributed by atoms with Crippen molar-refractivity contribution in [3.63, 3.8) is 0 Å². The topological polar surface area (TPSA) is 81.8 Å². The van der Waals surface area contributed by atoms with Crippen molar-refractivity contribution in [2.75, 3.05) is 36.8 Å². The van der Waals surface area contributed by atoms with E-state index in [1.807, 2.05) is 61.2 Å². The minimum atomic E-state index is -0.292. The predicted octanol–water partition coefficient (Wildman–Crippen LogP) is 4.42. The van der Waals surface area contributed by atoms with Gasteiger partial charge >= 0.3 is 6.03 Å². The molecule has 174 valence electrons. The van der Waals surface area contributed by atoms with Crippen LogP contribution in [0.2, 0.25) is 0 Å². The zero-order valence-corrected chi connectivity index (χ0v) is 19.4. The first-order valence-corrected chi connectivity index (χ1v) is 11.7. The lowest BCUT2D eigenvalue weighted by atomic mass is 9.96.